The van der Waals surface area contributed by atoms with Crippen LogP contribution in [-0.2, 0) is 19.1 Å². The fourth-order valence-corrected chi connectivity index (χ4v) is 1.97. The quantitative estimate of drug-likeness (QED) is 0.571. The van der Waals surface area contributed by atoms with Gasteiger partial charge in [-0.15, -0.1) is 0 Å². The molecule has 0 unspecified atom stereocenters. The summed E-state index contributed by atoms with van der Waals surface area (Å²) in [5, 5.41) is 0. The number of hydrogen-bond acceptors (Lipinski definition) is 4. The molecule has 1 aliphatic carbocycles. The number of ether oxygens (including phenoxy) is 2. The van der Waals surface area contributed by atoms with Crippen LogP contribution in [0.3, 0.4) is 0 Å². The topological polar surface area (TPSA) is 52.6 Å². The highest BCUT2D eigenvalue weighted by molar-refractivity contribution is 5.70. The van der Waals surface area contributed by atoms with Gasteiger partial charge in [0.05, 0.1) is 0 Å². The summed E-state index contributed by atoms with van der Waals surface area (Å²) >= 11 is 0. The van der Waals surface area contributed by atoms with Gasteiger partial charge in [-0.2, -0.15) is 0 Å². The SMILES string of the molecule is CC(=O)OC(=C(C)C)C(OC(C)=O)=C1CCCC1. The summed E-state index contributed by atoms with van der Waals surface area (Å²) in [4.78, 5) is 22.3. The fourth-order valence-electron chi connectivity index (χ4n) is 1.97. The summed E-state index contributed by atoms with van der Waals surface area (Å²) in [5.41, 5.74) is 1.88. The van der Waals surface area contributed by atoms with Gasteiger partial charge in [-0.05, 0) is 50.7 Å². The Morgan fingerprint density at radius 3 is 1.78 bits per heavy atom. The predicted octanol–water partition coefficient (Wildman–Crippen LogP) is 3.23. The van der Waals surface area contributed by atoms with Gasteiger partial charge in [0.1, 0.15) is 0 Å². The summed E-state index contributed by atoms with van der Waals surface area (Å²) in [7, 11) is 0. The lowest BCUT2D eigenvalue weighted by molar-refractivity contribution is -0.141. The zero-order valence-corrected chi connectivity index (χ0v) is 11.5. The molecule has 0 aromatic rings. The van der Waals surface area contributed by atoms with Crippen LogP contribution in [0.25, 0.3) is 0 Å². The van der Waals surface area contributed by atoms with Gasteiger partial charge in [0, 0.05) is 13.8 Å². The van der Waals surface area contributed by atoms with E-state index in [0.717, 1.165) is 36.8 Å². The monoisotopic (exact) mass is 252 g/mol. The Morgan fingerprint density at radius 2 is 1.39 bits per heavy atom. The molecule has 4 heteroatoms. The Morgan fingerprint density at radius 1 is 0.889 bits per heavy atom. The summed E-state index contributed by atoms with van der Waals surface area (Å²) in [6, 6.07) is 0. The molecule has 0 N–H and O–H groups in total. The number of esters is 2. The second-order valence-corrected chi connectivity index (χ2v) is 4.66. The van der Waals surface area contributed by atoms with Crippen LogP contribution in [0.5, 0.6) is 0 Å². The van der Waals surface area contributed by atoms with Crippen LogP contribution in [0.4, 0.5) is 0 Å². The molecule has 1 fully saturated rings. The van der Waals surface area contributed by atoms with Crippen LogP contribution in [0, 0.1) is 0 Å². The molecule has 4 nitrogen and oxygen atoms in total. The second kappa shape index (κ2) is 6.38. The molecule has 0 amide bonds. The highest BCUT2D eigenvalue weighted by atomic mass is 16.6. The third-order valence-corrected chi connectivity index (χ3v) is 2.68. The molecule has 1 aliphatic rings. The van der Waals surface area contributed by atoms with Crippen molar-refractivity contribution in [3.63, 3.8) is 0 Å². The van der Waals surface area contributed by atoms with Crippen LogP contribution in [-0.4, -0.2) is 11.9 Å². The van der Waals surface area contributed by atoms with Crippen LogP contribution in [0.1, 0.15) is 53.4 Å². The molecule has 1 rings (SSSR count). The van der Waals surface area contributed by atoms with Crippen LogP contribution < -0.4 is 0 Å². The van der Waals surface area contributed by atoms with E-state index in [1.54, 1.807) is 0 Å². The molecule has 18 heavy (non-hydrogen) atoms. The first kappa shape index (κ1) is 14.5. The molecule has 0 saturated heterocycles. The Hall–Kier alpha value is -1.58. The highest BCUT2D eigenvalue weighted by Crippen LogP contribution is 2.32. The number of hydrogen-bond donors (Lipinski definition) is 0. The molecule has 1 saturated carbocycles. The second-order valence-electron chi connectivity index (χ2n) is 4.66. The number of carbonyl (C=O) groups is 2. The van der Waals surface area contributed by atoms with E-state index in [0.29, 0.717) is 11.5 Å². The van der Waals surface area contributed by atoms with E-state index in [2.05, 4.69) is 0 Å². The Bertz CT molecular complexity index is 404. The van der Waals surface area contributed by atoms with Gasteiger partial charge < -0.3 is 9.47 Å². The molecule has 0 spiro atoms. The first-order valence-corrected chi connectivity index (χ1v) is 6.18. The minimum Gasteiger partial charge on any atom is -0.423 e. The smallest absolute Gasteiger partial charge is 0.308 e. The maximum absolute atomic E-state index is 11.2. The van der Waals surface area contributed by atoms with E-state index in [4.69, 9.17) is 9.47 Å². The van der Waals surface area contributed by atoms with E-state index in [1.165, 1.54) is 13.8 Å². The van der Waals surface area contributed by atoms with Crippen LogP contribution in [0.15, 0.2) is 22.7 Å². The molecule has 0 atom stereocenters. The minimum absolute atomic E-state index is 0.384. The zero-order valence-electron chi connectivity index (χ0n) is 11.5. The molecule has 0 aromatic carbocycles. The first-order chi connectivity index (χ1) is 8.41. The van der Waals surface area contributed by atoms with Crippen molar-refractivity contribution in [3.05, 3.63) is 22.7 Å². The van der Waals surface area contributed by atoms with Gasteiger partial charge in [0.2, 0.25) is 0 Å². The lowest BCUT2D eigenvalue weighted by Crippen LogP contribution is -2.10. The molecule has 0 heterocycles. The largest absolute Gasteiger partial charge is 0.423 e. The van der Waals surface area contributed by atoms with E-state index in [-0.39, 0.29) is 0 Å². The van der Waals surface area contributed by atoms with Gasteiger partial charge in [0.15, 0.2) is 11.5 Å². The molecular formula is C14H20O4. The van der Waals surface area contributed by atoms with Crippen molar-refractivity contribution >= 4 is 11.9 Å². The van der Waals surface area contributed by atoms with Gasteiger partial charge in [-0.3, -0.25) is 9.59 Å². The lowest BCUT2D eigenvalue weighted by Gasteiger charge is -2.15. The summed E-state index contributed by atoms with van der Waals surface area (Å²) in [5.74, 6) is 0.0227. The molecular weight excluding hydrogens is 232 g/mol. The highest BCUT2D eigenvalue weighted by Gasteiger charge is 2.22. The van der Waals surface area contributed by atoms with Gasteiger partial charge in [-0.25, -0.2) is 0 Å². The maximum atomic E-state index is 11.2. The molecule has 0 bridgehead atoms. The van der Waals surface area contributed by atoms with Crippen molar-refractivity contribution in [2.45, 2.75) is 53.4 Å². The third kappa shape index (κ3) is 4.02. The van der Waals surface area contributed by atoms with Crippen molar-refractivity contribution in [1.29, 1.82) is 0 Å². The van der Waals surface area contributed by atoms with E-state index in [9.17, 15) is 9.59 Å². The van der Waals surface area contributed by atoms with Crippen molar-refractivity contribution in [3.8, 4) is 0 Å². The normalized spacial score (nSPS) is 14.1. The van der Waals surface area contributed by atoms with Crippen molar-refractivity contribution in [1.82, 2.24) is 0 Å². The Balaban J connectivity index is 3.15. The molecule has 100 valence electrons. The Labute approximate surface area is 108 Å². The van der Waals surface area contributed by atoms with Gasteiger partial charge in [0.25, 0.3) is 0 Å². The number of rotatable bonds is 3. The fraction of sp³-hybridized carbons (Fsp3) is 0.571. The summed E-state index contributed by atoms with van der Waals surface area (Å²) in [6.07, 6.45) is 3.94. The van der Waals surface area contributed by atoms with E-state index < -0.39 is 11.9 Å². The summed E-state index contributed by atoms with van der Waals surface area (Å²) in [6.45, 7) is 6.36. The van der Waals surface area contributed by atoms with Crippen molar-refractivity contribution in [2.75, 3.05) is 0 Å². The van der Waals surface area contributed by atoms with Gasteiger partial charge >= 0.3 is 11.9 Å². The third-order valence-electron chi connectivity index (χ3n) is 2.68. The van der Waals surface area contributed by atoms with Crippen LogP contribution >= 0.6 is 0 Å². The average molecular weight is 252 g/mol. The number of carbonyl (C=O) groups excluding carboxylic acids is 2. The minimum atomic E-state index is -0.408. The van der Waals surface area contributed by atoms with Crippen molar-refractivity contribution in [2.24, 2.45) is 0 Å². The Kier molecular flexibility index (Phi) is 5.13. The predicted molar refractivity (Wildman–Crippen MR) is 67.4 cm³/mol. The van der Waals surface area contributed by atoms with Gasteiger partial charge in [-0.1, -0.05) is 0 Å². The summed E-state index contributed by atoms with van der Waals surface area (Å²) < 4.78 is 10.5. The van der Waals surface area contributed by atoms with E-state index >= 15 is 0 Å². The lowest BCUT2D eigenvalue weighted by atomic mass is 10.1. The standard InChI is InChI=1S/C14H20O4/c1-9(2)13(17-10(3)15)14(18-11(4)16)12-7-5-6-8-12/h5-8H2,1-4H3. The molecule has 0 aromatic heterocycles. The van der Waals surface area contributed by atoms with Crippen LogP contribution in [0.2, 0.25) is 0 Å². The molecule has 0 aliphatic heterocycles. The van der Waals surface area contributed by atoms with Crippen molar-refractivity contribution < 1.29 is 19.1 Å². The molecule has 0 radical (unpaired) electrons. The number of allylic oxidation sites excluding steroid dienone is 2. The van der Waals surface area contributed by atoms with E-state index in [1.807, 2.05) is 13.8 Å². The zero-order chi connectivity index (χ0) is 13.7. The first-order valence-electron chi connectivity index (χ1n) is 6.18. The average Bonchev–Trinajstić information content (AvgIpc) is 2.75. The maximum Gasteiger partial charge on any atom is 0.308 e.